The van der Waals surface area contributed by atoms with Gasteiger partial charge in [0.15, 0.2) is 0 Å². The van der Waals surface area contributed by atoms with Gasteiger partial charge in [0.25, 0.3) is 0 Å². The van der Waals surface area contributed by atoms with Gasteiger partial charge in [-0.25, -0.2) is 4.98 Å². The number of fused-ring (bicyclic) bond motifs is 1. The molecule has 2 aromatic heterocycles. The van der Waals surface area contributed by atoms with Crippen molar-refractivity contribution in [2.45, 2.75) is 6.92 Å². The SMILES string of the molecule is COc1ccc2c(-n3ccnc3)cc(C)nc2c1. The molecule has 0 spiro atoms. The van der Waals surface area contributed by atoms with Crippen LogP contribution in [0.4, 0.5) is 0 Å². The van der Waals surface area contributed by atoms with E-state index in [4.69, 9.17) is 4.74 Å². The number of methoxy groups -OCH3 is 1. The first-order chi connectivity index (χ1) is 8.78. The molecule has 0 fully saturated rings. The third kappa shape index (κ3) is 1.72. The number of aromatic nitrogens is 3. The van der Waals surface area contributed by atoms with Crippen molar-refractivity contribution >= 4 is 10.9 Å². The lowest BCUT2D eigenvalue weighted by molar-refractivity contribution is 0.415. The summed E-state index contributed by atoms with van der Waals surface area (Å²) in [7, 11) is 1.66. The Morgan fingerprint density at radius 3 is 2.83 bits per heavy atom. The van der Waals surface area contributed by atoms with Crippen LogP contribution >= 0.6 is 0 Å². The summed E-state index contributed by atoms with van der Waals surface area (Å²) in [5.74, 6) is 0.817. The zero-order valence-electron chi connectivity index (χ0n) is 10.3. The smallest absolute Gasteiger partial charge is 0.121 e. The van der Waals surface area contributed by atoms with Crippen molar-refractivity contribution in [3.8, 4) is 11.4 Å². The minimum absolute atomic E-state index is 0.817. The molecule has 3 rings (SSSR count). The van der Waals surface area contributed by atoms with E-state index in [1.54, 1.807) is 19.6 Å². The standard InChI is InChI=1S/C14H13N3O/c1-10-7-14(17-6-5-15-9-17)12-4-3-11(18-2)8-13(12)16-10/h3-9H,1-2H3. The topological polar surface area (TPSA) is 39.9 Å². The van der Waals surface area contributed by atoms with E-state index in [0.29, 0.717) is 0 Å². The Morgan fingerprint density at radius 1 is 1.22 bits per heavy atom. The van der Waals surface area contributed by atoms with Crippen molar-refractivity contribution in [1.82, 2.24) is 14.5 Å². The highest BCUT2D eigenvalue weighted by Crippen LogP contribution is 2.25. The lowest BCUT2D eigenvalue weighted by Gasteiger charge is -2.09. The molecule has 4 nitrogen and oxygen atoms in total. The predicted octanol–water partition coefficient (Wildman–Crippen LogP) is 2.74. The van der Waals surface area contributed by atoms with Crippen molar-refractivity contribution in [3.05, 3.63) is 48.7 Å². The first kappa shape index (κ1) is 10.8. The Balaban J connectivity index is 2.31. The Morgan fingerprint density at radius 2 is 2.11 bits per heavy atom. The van der Waals surface area contributed by atoms with Crippen molar-refractivity contribution in [2.24, 2.45) is 0 Å². The van der Waals surface area contributed by atoms with E-state index in [9.17, 15) is 0 Å². The number of rotatable bonds is 2. The van der Waals surface area contributed by atoms with Crippen molar-refractivity contribution in [3.63, 3.8) is 0 Å². The van der Waals surface area contributed by atoms with Crippen LogP contribution in [0.15, 0.2) is 43.0 Å². The largest absolute Gasteiger partial charge is 0.497 e. The van der Waals surface area contributed by atoms with Crippen LogP contribution in [0.5, 0.6) is 5.75 Å². The second kappa shape index (κ2) is 4.14. The first-order valence-electron chi connectivity index (χ1n) is 5.71. The Kier molecular flexibility index (Phi) is 2.48. The lowest BCUT2D eigenvalue weighted by atomic mass is 10.1. The Hall–Kier alpha value is -2.36. The van der Waals surface area contributed by atoms with Crippen LogP contribution in [-0.4, -0.2) is 21.6 Å². The molecule has 0 bridgehead atoms. The van der Waals surface area contributed by atoms with Gasteiger partial charge in [0.05, 0.1) is 24.6 Å². The molecule has 0 aliphatic carbocycles. The minimum Gasteiger partial charge on any atom is -0.497 e. The third-order valence-electron chi connectivity index (χ3n) is 2.91. The maximum absolute atomic E-state index is 5.23. The molecule has 0 aliphatic heterocycles. The monoisotopic (exact) mass is 239 g/mol. The number of ether oxygens (including phenoxy) is 1. The molecule has 0 atom stereocenters. The highest BCUT2D eigenvalue weighted by Gasteiger charge is 2.06. The van der Waals surface area contributed by atoms with E-state index in [1.807, 2.05) is 35.9 Å². The van der Waals surface area contributed by atoms with Crippen LogP contribution < -0.4 is 4.74 Å². The molecule has 3 aromatic rings. The fourth-order valence-corrected chi connectivity index (χ4v) is 2.06. The van der Waals surface area contributed by atoms with Gasteiger partial charge in [-0.15, -0.1) is 0 Å². The summed E-state index contributed by atoms with van der Waals surface area (Å²) in [6, 6.07) is 7.97. The van der Waals surface area contributed by atoms with Crippen LogP contribution in [0.3, 0.4) is 0 Å². The van der Waals surface area contributed by atoms with E-state index in [0.717, 1.165) is 28.0 Å². The van der Waals surface area contributed by atoms with Gasteiger partial charge in [-0.2, -0.15) is 0 Å². The number of benzene rings is 1. The molecule has 0 N–H and O–H groups in total. The van der Waals surface area contributed by atoms with Crippen LogP contribution in [0, 0.1) is 6.92 Å². The average Bonchev–Trinajstić information content (AvgIpc) is 2.90. The maximum Gasteiger partial charge on any atom is 0.121 e. The van der Waals surface area contributed by atoms with E-state index >= 15 is 0 Å². The molecule has 2 heterocycles. The van der Waals surface area contributed by atoms with E-state index < -0.39 is 0 Å². The van der Waals surface area contributed by atoms with Gasteiger partial charge in [0, 0.05) is 29.5 Å². The Bertz CT molecular complexity index is 690. The molecule has 0 saturated carbocycles. The number of imidazole rings is 1. The second-order valence-electron chi connectivity index (χ2n) is 4.14. The summed E-state index contributed by atoms with van der Waals surface area (Å²) in [5, 5.41) is 1.08. The van der Waals surface area contributed by atoms with Gasteiger partial charge in [0.2, 0.25) is 0 Å². The minimum atomic E-state index is 0.817. The first-order valence-corrected chi connectivity index (χ1v) is 5.71. The van der Waals surface area contributed by atoms with Crippen molar-refractivity contribution in [1.29, 1.82) is 0 Å². The summed E-state index contributed by atoms with van der Waals surface area (Å²) >= 11 is 0. The molecular formula is C14H13N3O. The number of aryl methyl sites for hydroxylation is 1. The van der Waals surface area contributed by atoms with Gasteiger partial charge in [-0.3, -0.25) is 4.98 Å². The summed E-state index contributed by atoms with van der Waals surface area (Å²) in [6.07, 6.45) is 5.49. The predicted molar refractivity (Wildman–Crippen MR) is 70.2 cm³/mol. The van der Waals surface area contributed by atoms with Gasteiger partial charge in [0.1, 0.15) is 5.75 Å². The highest BCUT2D eigenvalue weighted by atomic mass is 16.5. The summed E-state index contributed by atoms with van der Waals surface area (Å²) < 4.78 is 7.22. The summed E-state index contributed by atoms with van der Waals surface area (Å²) in [4.78, 5) is 8.63. The number of hydrogen-bond donors (Lipinski definition) is 0. The van der Waals surface area contributed by atoms with Gasteiger partial charge >= 0.3 is 0 Å². The number of nitrogens with zero attached hydrogens (tertiary/aromatic N) is 3. The molecule has 0 unspecified atom stereocenters. The summed E-state index contributed by atoms with van der Waals surface area (Å²) in [6.45, 7) is 1.99. The lowest BCUT2D eigenvalue weighted by Crippen LogP contribution is -1.96. The fourth-order valence-electron chi connectivity index (χ4n) is 2.06. The fraction of sp³-hybridized carbons (Fsp3) is 0.143. The van der Waals surface area contributed by atoms with E-state index in [2.05, 4.69) is 16.0 Å². The van der Waals surface area contributed by atoms with Crippen LogP contribution in [-0.2, 0) is 0 Å². The molecule has 90 valence electrons. The van der Waals surface area contributed by atoms with Crippen LogP contribution in [0.1, 0.15) is 5.69 Å². The number of pyridine rings is 1. The second-order valence-corrected chi connectivity index (χ2v) is 4.14. The highest BCUT2D eigenvalue weighted by molar-refractivity contribution is 5.88. The van der Waals surface area contributed by atoms with E-state index in [-0.39, 0.29) is 0 Å². The zero-order chi connectivity index (χ0) is 12.5. The van der Waals surface area contributed by atoms with Crippen molar-refractivity contribution < 1.29 is 4.74 Å². The molecule has 18 heavy (non-hydrogen) atoms. The molecule has 0 amide bonds. The molecule has 0 aliphatic rings. The van der Waals surface area contributed by atoms with E-state index in [1.165, 1.54) is 0 Å². The zero-order valence-corrected chi connectivity index (χ0v) is 10.3. The third-order valence-corrected chi connectivity index (χ3v) is 2.91. The normalized spacial score (nSPS) is 10.8. The molecule has 4 heteroatoms. The quantitative estimate of drug-likeness (QED) is 0.690. The Labute approximate surface area is 105 Å². The van der Waals surface area contributed by atoms with Crippen LogP contribution in [0.2, 0.25) is 0 Å². The van der Waals surface area contributed by atoms with Crippen LogP contribution in [0.25, 0.3) is 16.6 Å². The average molecular weight is 239 g/mol. The van der Waals surface area contributed by atoms with Crippen molar-refractivity contribution in [2.75, 3.05) is 7.11 Å². The van der Waals surface area contributed by atoms with Gasteiger partial charge < -0.3 is 9.30 Å². The molecule has 0 radical (unpaired) electrons. The molecule has 0 saturated heterocycles. The molecular weight excluding hydrogens is 226 g/mol. The van der Waals surface area contributed by atoms with Gasteiger partial charge in [-0.1, -0.05) is 0 Å². The number of hydrogen-bond acceptors (Lipinski definition) is 3. The summed E-state index contributed by atoms with van der Waals surface area (Å²) in [5.41, 5.74) is 2.98. The molecule has 1 aromatic carbocycles. The maximum atomic E-state index is 5.23. The van der Waals surface area contributed by atoms with Gasteiger partial charge in [-0.05, 0) is 25.1 Å².